The van der Waals surface area contributed by atoms with E-state index in [1.807, 2.05) is 0 Å². The minimum absolute atomic E-state index is 0.121. The highest BCUT2D eigenvalue weighted by Gasteiger charge is 2.16. The fraction of sp³-hybridized carbons (Fsp3) is 0.286. The molecular weight excluding hydrogens is 240 g/mol. The van der Waals surface area contributed by atoms with Crippen LogP contribution >= 0.6 is 11.8 Å². The monoisotopic (exact) mass is 248 g/mol. The third-order valence-corrected chi connectivity index (χ3v) is 2.98. The average molecular weight is 248 g/mol. The predicted molar refractivity (Wildman–Crippen MR) is 53.9 cm³/mol. The van der Waals surface area contributed by atoms with E-state index in [1.165, 1.54) is 0 Å². The van der Waals surface area contributed by atoms with Crippen LogP contribution in [0.4, 0.5) is 0 Å². The Morgan fingerprint density at radius 3 is 2.47 bits per heavy atom. The van der Waals surface area contributed by atoms with Gasteiger partial charge in [-0.1, -0.05) is 11.8 Å². The van der Waals surface area contributed by atoms with Crippen LogP contribution in [0.2, 0.25) is 0 Å². The highest BCUT2D eigenvalue weighted by Crippen LogP contribution is 2.14. The van der Waals surface area contributed by atoms with Gasteiger partial charge in [0.15, 0.2) is 25.7 Å². The third-order valence-electron chi connectivity index (χ3n) is 1.46. The third kappa shape index (κ3) is 2.90. The lowest BCUT2D eigenvalue weighted by Crippen LogP contribution is -2.08. The van der Waals surface area contributed by atoms with E-state index in [0.29, 0.717) is 0 Å². The van der Waals surface area contributed by atoms with Gasteiger partial charge in [-0.15, -0.1) is 0 Å². The maximum atomic E-state index is 11.2. The lowest BCUT2D eigenvalue weighted by atomic mass is 10.4. The Kier molecular flexibility index (Phi) is 3.30. The molecule has 1 heterocycles. The molecule has 0 radical (unpaired) electrons. The number of carboxylic acid groups (broad SMARTS) is 1. The van der Waals surface area contributed by atoms with E-state index < -0.39 is 15.8 Å². The summed E-state index contributed by atoms with van der Waals surface area (Å²) in [7, 11) is -3.52. The van der Waals surface area contributed by atoms with Crippen molar-refractivity contribution in [1.29, 1.82) is 0 Å². The summed E-state index contributed by atoms with van der Waals surface area (Å²) in [6, 6.07) is 0.942. The van der Waals surface area contributed by atoms with Crippen LogP contribution in [-0.4, -0.2) is 42.0 Å². The first-order valence-electron chi connectivity index (χ1n) is 3.71. The Morgan fingerprint density at radius 2 is 2.07 bits per heavy atom. The van der Waals surface area contributed by atoms with Gasteiger partial charge in [-0.3, -0.25) is 0 Å². The molecule has 0 spiro atoms. The molecule has 82 valence electrons. The Labute approximate surface area is 90.7 Å². The summed E-state index contributed by atoms with van der Waals surface area (Å²) >= 11 is 1.08. The first kappa shape index (κ1) is 11.9. The van der Waals surface area contributed by atoms with Crippen molar-refractivity contribution in [2.24, 2.45) is 0 Å². The number of sulfone groups is 1. The Morgan fingerprint density at radius 1 is 1.47 bits per heavy atom. The summed E-state index contributed by atoms with van der Waals surface area (Å²) in [5.74, 6) is -1.28. The topological polar surface area (TPSA) is 97.2 Å². The van der Waals surface area contributed by atoms with Crippen molar-refractivity contribution >= 4 is 27.6 Å². The fourth-order valence-corrected chi connectivity index (χ4v) is 1.81. The first-order chi connectivity index (χ1) is 6.84. The molecule has 0 unspecified atom stereocenters. The molecule has 0 aliphatic carbocycles. The van der Waals surface area contributed by atoms with Crippen molar-refractivity contribution in [3.63, 3.8) is 0 Å². The predicted octanol–water partition coefficient (Wildman–Crippen LogP) is 0.300. The van der Waals surface area contributed by atoms with Gasteiger partial charge in [-0.2, -0.15) is 0 Å². The molecule has 1 rings (SSSR count). The van der Waals surface area contributed by atoms with E-state index in [0.717, 1.165) is 24.1 Å². The molecule has 0 aliphatic heterocycles. The number of rotatable bonds is 3. The maximum Gasteiger partial charge on any atom is 0.354 e. The van der Waals surface area contributed by atoms with E-state index in [-0.39, 0.29) is 15.9 Å². The smallest absolute Gasteiger partial charge is 0.354 e. The van der Waals surface area contributed by atoms with Gasteiger partial charge in [0.2, 0.25) is 0 Å². The van der Waals surface area contributed by atoms with Gasteiger partial charge in [-0.05, 0) is 6.26 Å². The van der Waals surface area contributed by atoms with Gasteiger partial charge in [0.25, 0.3) is 0 Å². The van der Waals surface area contributed by atoms with Crippen LogP contribution in [0.1, 0.15) is 10.5 Å². The fourth-order valence-electron chi connectivity index (χ4n) is 0.795. The van der Waals surface area contributed by atoms with Crippen LogP contribution in [0, 0.1) is 0 Å². The molecule has 0 bridgehead atoms. The summed E-state index contributed by atoms with van der Waals surface area (Å²) in [4.78, 5) is 18.0. The summed E-state index contributed by atoms with van der Waals surface area (Å²) in [5, 5.41) is 8.54. The lowest BCUT2D eigenvalue weighted by molar-refractivity contribution is 0.0689. The molecule has 0 fully saturated rings. The quantitative estimate of drug-likeness (QED) is 0.466. The second-order valence-corrected chi connectivity index (χ2v) is 5.39. The first-order valence-corrected chi connectivity index (χ1v) is 6.82. The standard InChI is InChI=1S/C7H8N2O4S2/c1-14-7-8-4(6(10)11)3-5(9-7)15(2,12)13/h3H,1-2H3,(H,10,11). The van der Waals surface area contributed by atoms with Crippen molar-refractivity contribution < 1.29 is 18.3 Å². The number of carboxylic acids is 1. The maximum absolute atomic E-state index is 11.2. The Balaban J connectivity index is 3.43. The average Bonchev–Trinajstić information content (AvgIpc) is 2.15. The Hall–Kier alpha value is -1.15. The van der Waals surface area contributed by atoms with Crippen molar-refractivity contribution in [1.82, 2.24) is 9.97 Å². The van der Waals surface area contributed by atoms with E-state index in [9.17, 15) is 13.2 Å². The zero-order valence-corrected chi connectivity index (χ0v) is 9.59. The molecule has 6 nitrogen and oxygen atoms in total. The second kappa shape index (κ2) is 4.15. The molecule has 0 saturated heterocycles. The molecule has 1 N–H and O–H groups in total. The molecule has 15 heavy (non-hydrogen) atoms. The van der Waals surface area contributed by atoms with Gasteiger partial charge in [-0.25, -0.2) is 23.2 Å². The molecule has 0 saturated carbocycles. The van der Waals surface area contributed by atoms with Gasteiger partial charge in [0, 0.05) is 12.3 Å². The van der Waals surface area contributed by atoms with Crippen molar-refractivity contribution in [2.45, 2.75) is 10.2 Å². The summed E-state index contributed by atoms with van der Waals surface area (Å²) < 4.78 is 22.4. The van der Waals surface area contributed by atoms with Crippen LogP contribution < -0.4 is 0 Å². The minimum atomic E-state index is -3.52. The molecule has 0 aliphatic rings. The minimum Gasteiger partial charge on any atom is -0.477 e. The number of hydrogen-bond donors (Lipinski definition) is 1. The molecule has 0 amide bonds. The van der Waals surface area contributed by atoms with Crippen molar-refractivity contribution in [2.75, 3.05) is 12.5 Å². The van der Waals surface area contributed by atoms with Crippen LogP contribution in [0.5, 0.6) is 0 Å². The van der Waals surface area contributed by atoms with E-state index in [1.54, 1.807) is 6.26 Å². The van der Waals surface area contributed by atoms with Gasteiger partial charge >= 0.3 is 5.97 Å². The normalized spacial score (nSPS) is 11.3. The van der Waals surface area contributed by atoms with Crippen LogP contribution in [0.15, 0.2) is 16.2 Å². The van der Waals surface area contributed by atoms with Crippen LogP contribution in [-0.2, 0) is 9.84 Å². The lowest BCUT2D eigenvalue weighted by Gasteiger charge is -2.01. The summed E-state index contributed by atoms with van der Waals surface area (Å²) in [5.41, 5.74) is -0.324. The molecular formula is C7H8N2O4S2. The number of aromatic carboxylic acids is 1. The number of aromatic nitrogens is 2. The highest BCUT2D eigenvalue weighted by atomic mass is 32.2. The molecule has 8 heteroatoms. The highest BCUT2D eigenvalue weighted by molar-refractivity contribution is 7.98. The molecule has 0 atom stereocenters. The number of nitrogens with zero attached hydrogens (tertiary/aromatic N) is 2. The zero-order valence-electron chi connectivity index (χ0n) is 7.96. The Bertz CT molecular complexity index is 498. The molecule has 1 aromatic heterocycles. The van der Waals surface area contributed by atoms with Crippen LogP contribution in [0.3, 0.4) is 0 Å². The summed E-state index contributed by atoms with van der Waals surface area (Å²) in [6.45, 7) is 0. The van der Waals surface area contributed by atoms with Crippen molar-refractivity contribution in [3.8, 4) is 0 Å². The second-order valence-electron chi connectivity index (χ2n) is 2.66. The van der Waals surface area contributed by atoms with E-state index in [2.05, 4.69) is 9.97 Å². The zero-order chi connectivity index (χ0) is 11.6. The number of thioether (sulfide) groups is 1. The van der Waals surface area contributed by atoms with Gasteiger partial charge in [0.1, 0.15) is 0 Å². The number of carbonyl (C=O) groups is 1. The summed E-state index contributed by atoms with van der Waals surface area (Å²) in [6.07, 6.45) is 2.60. The van der Waals surface area contributed by atoms with Gasteiger partial charge < -0.3 is 5.11 Å². The number of hydrogen-bond acceptors (Lipinski definition) is 6. The largest absolute Gasteiger partial charge is 0.477 e. The van der Waals surface area contributed by atoms with Gasteiger partial charge in [0.05, 0.1) is 0 Å². The van der Waals surface area contributed by atoms with E-state index in [4.69, 9.17) is 5.11 Å². The van der Waals surface area contributed by atoms with E-state index >= 15 is 0 Å². The van der Waals surface area contributed by atoms with Crippen molar-refractivity contribution in [3.05, 3.63) is 11.8 Å². The van der Waals surface area contributed by atoms with Crippen LogP contribution in [0.25, 0.3) is 0 Å². The SMILES string of the molecule is CSc1nc(C(=O)O)cc(S(C)(=O)=O)n1. The molecule has 0 aromatic carbocycles. The molecule has 1 aromatic rings.